The number of carbonyl (C=O) groups is 1. The van der Waals surface area contributed by atoms with Gasteiger partial charge in [0.05, 0.1) is 18.8 Å². The van der Waals surface area contributed by atoms with E-state index in [9.17, 15) is 4.79 Å². The molecule has 0 radical (unpaired) electrons. The lowest BCUT2D eigenvalue weighted by Crippen LogP contribution is -2.49. The van der Waals surface area contributed by atoms with E-state index >= 15 is 0 Å². The molecule has 1 amide bonds. The van der Waals surface area contributed by atoms with Crippen molar-refractivity contribution >= 4 is 45.0 Å². The van der Waals surface area contributed by atoms with Gasteiger partial charge in [0, 0.05) is 60.0 Å². The number of benzene rings is 2. The molecule has 0 saturated carbocycles. The Kier molecular flexibility index (Phi) is 6.67. The van der Waals surface area contributed by atoms with Crippen LogP contribution in [0.15, 0.2) is 51.8 Å². The SMILES string of the molecule is CSc1ccc(N2CCOCC2)c(C(=O)N2CCN(c3cccc(Br)c3)CC2)c1. The standard InChI is InChI=1S/C22H26BrN3O2S/c1-29-19-5-6-21(25-11-13-28-14-12-25)20(16-19)22(27)26-9-7-24(8-10-26)18-4-2-3-17(23)15-18/h2-6,15-16H,7-14H2,1H3. The zero-order chi connectivity index (χ0) is 20.2. The Morgan fingerprint density at radius 1 is 0.966 bits per heavy atom. The van der Waals surface area contributed by atoms with Crippen molar-refractivity contribution < 1.29 is 9.53 Å². The Bertz CT molecular complexity index is 865. The van der Waals surface area contributed by atoms with Crippen molar-refractivity contribution in [1.82, 2.24) is 4.90 Å². The van der Waals surface area contributed by atoms with Crippen LogP contribution in [-0.2, 0) is 4.74 Å². The first-order valence-corrected chi connectivity index (χ1v) is 12.0. The van der Waals surface area contributed by atoms with Gasteiger partial charge in [0.25, 0.3) is 5.91 Å². The summed E-state index contributed by atoms with van der Waals surface area (Å²) in [5, 5.41) is 0. The van der Waals surface area contributed by atoms with Crippen LogP contribution in [0, 0.1) is 0 Å². The second-order valence-corrected chi connectivity index (χ2v) is 9.04. The fourth-order valence-electron chi connectivity index (χ4n) is 3.90. The van der Waals surface area contributed by atoms with Gasteiger partial charge in [-0.05, 0) is 42.7 Å². The van der Waals surface area contributed by atoms with Crippen LogP contribution in [0.25, 0.3) is 0 Å². The molecule has 0 aliphatic carbocycles. The summed E-state index contributed by atoms with van der Waals surface area (Å²) in [4.78, 5) is 21.2. The monoisotopic (exact) mass is 475 g/mol. The molecule has 2 aliphatic rings. The molecule has 0 bridgehead atoms. The van der Waals surface area contributed by atoms with E-state index in [1.54, 1.807) is 11.8 Å². The second kappa shape index (κ2) is 9.41. The maximum absolute atomic E-state index is 13.5. The van der Waals surface area contributed by atoms with Gasteiger partial charge in [0.15, 0.2) is 0 Å². The van der Waals surface area contributed by atoms with E-state index in [0.29, 0.717) is 13.2 Å². The van der Waals surface area contributed by atoms with Gasteiger partial charge >= 0.3 is 0 Å². The summed E-state index contributed by atoms with van der Waals surface area (Å²) >= 11 is 5.22. The number of nitrogens with zero attached hydrogens (tertiary/aromatic N) is 3. The molecule has 4 rings (SSSR count). The summed E-state index contributed by atoms with van der Waals surface area (Å²) in [6.45, 7) is 6.24. The van der Waals surface area contributed by atoms with E-state index in [-0.39, 0.29) is 5.91 Å². The number of hydrogen-bond acceptors (Lipinski definition) is 5. The van der Waals surface area contributed by atoms with E-state index in [4.69, 9.17) is 4.74 Å². The highest BCUT2D eigenvalue weighted by Gasteiger charge is 2.26. The minimum atomic E-state index is 0.135. The molecular formula is C22H26BrN3O2S. The summed E-state index contributed by atoms with van der Waals surface area (Å²) in [6, 6.07) is 14.6. The third kappa shape index (κ3) is 4.73. The fourth-order valence-corrected chi connectivity index (χ4v) is 4.73. The van der Waals surface area contributed by atoms with E-state index in [1.807, 2.05) is 11.0 Å². The summed E-state index contributed by atoms with van der Waals surface area (Å²) in [6.07, 6.45) is 2.05. The van der Waals surface area contributed by atoms with Crippen molar-refractivity contribution in [3.63, 3.8) is 0 Å². The third-order valence-electron chi connectivity index (χ3n) is 5.53. The lowest BCUT2D eigenvalue weighted by molar-refractivity contribution is 0.0746. The number of halogens is 1. The maximum atomic E-state index is 13.5. The first kappa shape index (κ1) is 20.6. The van der Waals surface area contributed by atoms with Crippen LogP contribution in [0.4, 0.5) is 11.4 Å². The molecule has 2 aromatic rings. The van der Waals surface area contributed by atoms with Gasteiger partial charge in [-0.3, -0.25) is 4.79 Å². The summed E-state index contributed by atoms with van der Waals surface area (Å²) < 4.78 is 6.58. The molecule has 154 valence electrons. The molecule has 5 nitrogen and oxygen atoms in total. The van der Waals surface area contributed by atoms with Gasteiger partial charge < -0.3 is 19.4 Å². The number of hydrogen-bond donors (Lipinski definition) is 0. The normalized spacial score (nSPS) is 17.5. The number of thioether (sulfide) groups is 1. The van der Waals surface area contributed by atoms with Crippen molar-refractivity contribution in [2.75, 3.05) is 68.5 Å². The topological polar surface area (TPSA) is 36.0 Å². The molecular weight excluding hydrogens is 450 g/mol. The third-order valence-corrected chi connectivity index (χ3v) is 6.74. The first-order chi connectivity index (χ1) is 14.2. The Morgan fingerprint density at radius 2 is 1.72 bits per heavy atom. The molecule has 2 heterocycles. The number of piperazine rings is 1. The minimum absolute atomic E-state index is 0.135. The van der Waals surface area contributed by atoms with Gasteiger partial charge in [-0.25, -0.2) is 0 Å². The van der Waals surface area contributed by atoms with Crippen molar-refractivity contribution in [1.29, 1.82) is 0 Å². The predicted molar refractivity (Wildman–Crippen MR) is 124 cm³/mol. The molecule has 0 aromatic heterocycles. The summed E-state index contributed by atoms with van der Waals surface area (Å²) in [5.41, 5.74) is 3.05. The van der Waals surface area contributed by atoms with Crippen LogP contribution in [0.2, 0.25) is 0 Å². The molecule has 2 aliphatic heterocycles. The average molecular weight is 476 g/mol. The van der Waals surface area contributed by atoms with Crippen molar-refractivity contribution in [3.8, 4) is 0 Å². The molecule has 0 unspecified atom stereocenters. The minimum Gasteiger partial charge on any atom is -0.378 e. The Morgan fingerprint density at radius 3 is 2.41 bits per heavy atom. The van der Waals surface area contributed by atoms with Crippen LogP contribution in [0.3, 0.4) is 0 Å². The molecule has 2 saturated heterocycles. The van der Waals surface area contributed by atoms with Gasteiger partial charge in [-0.15, -0.1) is 11.8 Å². The number of carbonyl (C=O) groups excluding carboxylic acids is 1. The van der Waals surface area contributed by atoms with Gasteiger partial charge in [-0.2, -0.15) is 0 Å². The van der Waals surface area contributed by atoms with Crippen molar-refractivity contribution in [2.24, 2.45) is 0 Å². The quantitative estimate of drug-likeness (QED) is 0.625. The zero-order valence-electron chi connectivity index (χ0n) is 16.6. The molecule has 29 heavy (non-hydrogen) atoms. The first-order valence-electron chi connectivity index (χ1n) is 9.96. The smallest absolute Gasteiger partial charge is 0.256 e. The molecule has 7 heteroatoms. The summed E-state index contributed by atoms with van der Waals surface area (Å²) in [5.74, 6) is 0.135. The van der Waals surface area contributed by atoms with Gasteiger partial charge in [0.1, 0.15) is 0 Å². The lowest BCUT2D eigenvalue weighted by Gasteiger charge is -2.37. The molecule has 0 N–H and O–H groups in total. The maximum Gasteiger partial charge on any atom is 0.256 e. The van der Waals surface area contributed by atoms with Crippen LogP contribution in [0.5, 0.6) is 0 Å². The fraction of sp³-hybridized carbons (Fsp3) is 0.409. The summed E-state index contributed by atoms with van der Waals surface area (Å²) in [7, 11) is 0. The van der Waals surface area contributed by atoms with E-state index in [2.05, 4.69) is 68.4 Å². The van der Waals surface area contributed by atoms with Crippen molar-refractivity contribution in [2.45, 2.75) is 4.90 Å². The van der Waals surface area contributed by atoms with Crippen LogP contribution in [-0.4, -0.2) is 69.5 Å². The van der Waals surface area contributed by atoms with E-state index < -0.39 is 0 Å². The molecule has 0 atom stereocenters. The molecule has 0 spiro atoms. The van der Waals surface area contributed by atoms with Gasteiger partial charge in [0.2, 0.25) is 0 Å². The Hall–Kier alpha value is -1.70. The predicted octanol–water partition coefficient (Wildman–Crippen LogP) is 3.97. The molecule has 2 fully saturated rings. The van der Waals surface area contributed by atoms with Crippen LogP contribution in [0.1, 0.15) is 10.4 Å². The highest BCUT2D eigenvalue weighted by molar-refractivity contribution is 9.10. The van der Waals surface area contributed by atoms with Crippen LogP contribution < -0.4 is 9.80 Å². The highest BCUT2D eigenvalue weighted by atomic mass is 79.9. The Labute approximate surface area is 185 Å². The zero-order valence-corrected chi connectivity index (χ0v) is 19.0. The second-order valence-electron chi connectivity index (χ2n) is 7.24. The van der Waals surface area contributed by atoms with Crippen molar-refractivity contribution in [3.05, 3.63) is 52.5 Å². The number of morpholine rings is 1. The number of rotatable bonds is 4. The number of amides is 1. The van der Waals surface area contributed by atoms with Crippen LogP contribution >= 0.6 is 27.7 Å². The largest absolute Gasteiger partial charge is 0.378 e. The highest BCUT2D eigenvalue weighted by Crippen LogP contribution is 2.29. The average Bonchev–Trinajstić information content (AvgIpc) is 2.79. The van der Waals surface area contributed by atoms with Gasteiger partial charge in [-0.1, -0.05) is 22.0 Å². The molecule has 2 aromatic carbocycles. The lowest BCUT2D eigenvalue weighted by atomic mass is 10.1. The van der Waals surface area contributed by atoms with E-state index in [0.717, 1.165) is 59.9 Å². The number of ether oxygens (including phenoxy) is 1. The van der Waals surface area contributed by atoms with E-state index in [1.165, 1.54) is 5.69 Å². The Balaban J connectivity index is 1.50. The number of anilines is 2.